The van der Waals surface area contributed by atoms with Gasteiger partial charge in [0.25, 0.3) is 0 Å². The van der Waals surface area contributed by atoms with Gasteiger partial charge in [-0.05, 0) is 24.3 Å². The highest BCUT2D eigenvalue weighted by atomic mass is 32.1. The molecule has 1 N–H and O–H groups in total. The lowest BCUT2D eigenvalue weighted by molar-refractivity contribution is -0.379. The van der Waals surface area contributed by atoms with Gasteiger partial charge >= 0.3 is 5.00 Å². The first kappa shape index (κ1) is 11.0. The summed E-state index contributed by atoms with van der Waals surface area (Å²) in [5.74, 6) is 2.39. The molecule has 0 saturated heterocycles. The molecule has 0 aromatic carbocycles. The summed E-state index contributed by atoms with van der Waals surface area (Å²) < 4.78 is 0. The van der Waals surface area contributed by atoms with Gasteiger partial charge < -0.3 is 5.32 Å². The first-order valence-corrected chi connectivity index (χ1v) is 4.81. The number of nitrogens with one attached hydrogen (secondary N) is 1. The summed E-state index contributed by atoms with van der Waals surface area (Å²) >= 11 is 0.829. The van der Waals surface area contributed by atoms with Crippen LogP contribution in [0.2, 0.25) is 0 Å². The van der Waals surface area contributed by atoms with Crippen molar-refractivity contribution in [2.45, 2.75) is 13.0 Å². The molecule has 0 aliphatic heterocycles. The molecule has 1 atom stereocenters. The van der Waals surface area contributed by atoms with Crippen molar-refractivity contribution in [2.75, 3.05) is 5.32 Å². The van der Waals surface area contributed by atoms with E-state index in [1.165, 1.54) is 6.07 Å². The van der Waals surface area contributed by atoms with Gasteiger partial charge in [-0.3, -0.25) is 10.1 Å². The van der Waals surface area contributed by atoms with Crippen LogP contribution >= 0.6 is 11.3 Å². The molecule has 0 radical (unpaired) electrons. The van der Waals surface area contributed by atoms with Crippen LogP contribution in [-0.4, -0.2) is 11.0 Å². The summed E-state index contributed by atoms with van der Waals surface area (Å²) in [4.78, 5) is 10.4. The molecule has 1 aromatic rings. The Kier molecular flexibility index (Phi) is 3.27. The van der Waals surface area contributed by atoms with E-state index in [0.29, 0.717) is 5.69 Å². The van der Waals surface area contributed by atoms with E-state index in [2.05, 4.69) is 11.2 Å². The maximum absolute atomic E-state index is 10.6. The summed E-state index contributed by atoms with van der Waals surface area (Å²) in [7, 11) is 0. The molecule has 5 nitrogen and oxygen atoms in total. The highest BCUT2D eigenvalue weighted by molar-refractivity contribution is 7.16. The van der Waals surface area contributed by atoms with Crippen LogP contribution in [0.4, 0.5) is 10.7 Å². The van der Waals surface area contributed by atoms with E-state index in [1.807, 2.05) is 6.07 Å². The minimum atomic E-state index is -0.531. The normalized spacial score (nSPS) is 11.1. The van der Waals surface area contributed by atoms with Crippen LogP contribution in [0.25, 0.3) is 0 Å². The fraction of sp³-hybridized carbons (Fsp3) is 0.222. The minimum absolute atomic E-state index is 0.0892. The first-order chi connectivity index (χ1) is 7.08. The van der Waals surface area contributed by atoms with Crippen molar-refractivity contribution >= 4 is 22.0 Å². The molecule has 0 saturated carbocycles. The minimum Gasteiger partial charge on any atom is -0.365 e. The predicted molar refractivity (Wildman–Crippen MR) is 57.6 cm³/mol. The average molecular weight is 221 g/mol. The van der Waals surface area contributed by atoms with E-state index in [9.17, 15) is 10.1 Å². The Hall–Kier alpha value is -2.05. The largest absolute Gasteiger partial charge is 0.365 e. The molecule has 0 amide bonds. The highest BCUT2D eigenvalue weighted by Gasteiger charge is 2.19. The second kappa shape index (κ2) is 4.45. The standard InChI is InChI=1S/C9H7N3O2S/c1-3-6(2)11-8-4-7(5-10)15-9(8)12(13)14/h1,4,6,11H,2H3. The maximum atomic E-state index is 10.6. The monoisotopic (exact) mass is 221 g/mol. The number of hydrogen-bond donors (Lipinski definition) is 1. The molecule has 1 unspecified atom stereocenters. The van der Waals surface area contributed by atoms with Crippen molar-refractivity contribution in [1.29, 1.82) is 5.26 Å². The highest BCUT2D eigenvalue weighted by Crippen LogP contribution is 2.34. The molecule has 1 aromatic heterocycles. The Labute approximate surface area is 90.5 Å². The number of thiophene rings is 1. The van der Waals surface area contributed by atoms with Crippen LogP contribution in [-0.2, 0) is 0 Å². The van der Waals surface area contributed by atoms with Crippen molar-refractivity contribution in [3.63, 3.8) is 0 Å². The number of nitrogens with zero attached hydrogens (tertiary/aromatic N) is 2. The third-order valence-corrected chi connectivity index (χ3v) is 2.60. The Morgan fingerprint density at radius 1 is 1.80 bits per heavy atom. The Morgan fingerprint density at radius 2 is 2.47 bits per heavy atom. The molecule has 0 aliphatic rings. The van der Waals surface area contributed by atoms with Crippen molar-refractivity contribution in [1.82, 2.24) is 0 Å². The average Bonchev–Trinajstić information content (AvgIpc) is 2.61. The Bertz CT molecular complexity index is 467. The van der Waals surface area contributed by atoms with Gasteiger partial charge in [0.2, 0.25) is 0 Å². The number of hydrogen-bond acceptors (Lipinski definition) is 5. The van der Waals surface area contributed by atoms with Crippen LogP contribution in [0.5, 0.6) is 0 Å². The molecular weight excluding hydrogens is 214 g/mol. The lowest BCUT2D eigenvalue weighted by Gasteiger charge is -2.05. The van der Waals surface area contributed by atoms with Gasteiger partial charge in [0, 0.05) is 0 Å². The molecule has 6 heteroatoms. The van der Waals surface area contributed by atoms with Crippen LogP contribution in [0.15, 0.2) is 6.07 Å². The lowest BCUT2D eigenvalue weighted by atomic mass is 10.3. The Balaban J connectivity index is 3.06. The summed E-state index contributed by atoms with van der Waals surface area (Å²) in [5.41, 5.74) is 0.298. The van der Waals surface area contributed by atoms with Crippen molar-refractivity contribution in [3.05, 3.63) is 21.1 Å². The van der Waals surface area contributed by atoms with E-state index < -0.39 is 4.92 Å². The fourth-order valence-corrected chi connectivity index (χ4v) is 1.68. The predicted octanol–water partition coefficient (Wildman–Crippen LogP) is 1.96. The molecule has 15 heavy (non-hydrogen) atoms. The smallest absolute Gasteiger partial charge is 0.348 e. The van der Waals surface area contributed by atoms with Gasteiger partial charge in [0.1, 0.15) is 16.6 Å². The zero-order valence-corrected chi connectivity index (χ0v) is 8.67. The molecule has 0 spiro atoms. The SMILES string of the molecule is C#CC(C)Nc1cc(C#N)sc1[N+](=O)[O-]. The van der Waals surface area contributed by atoms with E-state index in [-0.39, 0.29) is 15.9 Å². The molecule has 0 aliphatic carbocycles. The maximum Gasteiger partial charge on any atom is 0.348 e. The third-order valence-electron chi connectivity index (χ3n) is 1.61. The molecule has 0 fully saturated rings. The molecule has 76 valence electrons. The topological polar surface area (TPSA) is 79.0 Å². The molecule has 1 rings (SSSR count). The number of nitriles is 1. The number of nitro groups is 1. The summed E-state index contributed by atoms with van der Waals surface area (Å²) in [5, 5.41) is 21.9. The third kappa shape index (κ3) is 2.46. The van der Waals surface area contributed by atoms with Crippen molar-refractivity contribution in [3.8, 4) is 18.4 Å². The van der Waals surface area contributed by atoms with Gasteiger partial charge in [-0.15, -0.1) is 6.42 Å². The van der Waals surface area contributed by atoms with Crippen molar-refractivity contribution in [2.24, 2.45) is 0 Å². The van der Waals surface area contributed by atoms with Gasteiger partial charge in [0.05, 0.1) is 11.0 Å². The zero-order chi connectivity index (χ0) is 11.4. The van der Waals surface area contributed by atoms with Gasteiger partial charge in [-0.2, -0.15) is 5.26 Å². The van der Waals surface area contributed by atoms with Crippen LogP contribution in [0, 0.1) is 33.8 Å². The van der Waals surface area contributed by atoms with Gasteiger partial charge in [0.15, 0.2) is 0 Å². The molecule has 1 heterocycles. The fourth-order valence-electron chi connectivity index (χ4n) is 0.950. The molecule has 0 bridgehead atoms. The van der Waals surface area contributed by atoms with E-state index in [0.717, 1.165) is 11.3 Å². The number of anilines is 1. The van der Waals surface area contributed by atoms with Crippen molar-refractivity contribution < 1.29 is 4.92 Å². The lowest BCUT2D eigenvalue weighted by Crippen LogP contribution is -2.12. The molecular formula is C9H7N3O2S. The summed E-state index contributed by atoms with van der Waals surface area (Å²) in [6.07, 6.45) is 5.14. The summed E-state index contributed by atoms with van der Waals surface area (Å²) in [6, 6.07) is 2.97. The van der Waals surface area contributed by atoms with Gasteiger partial charge in [-0.25, -0.2) is 0 Å². The number of rotatable bonds is 3. The van der Waals surface area contributed by atoms with E-state index >= 15 is 0 Å². The van der Waals surface area contributed by atoms with Crippen LogP contribution in [0.3, 0.4) is 0 Å². The quantitative estimate of drug-likeness (QED) is 0.480. The number of terminal acetylenes is 1. The zero-order valence-electron chi connectivity index (χ0n) is 7.85. The van der Waals surface area contributed by atoms with E-state index in [1.54, 1.807) is 6.92 Å². The Morgan fingerprint density at radius 3 is 2.93 bits per heavy atom. The second-order valence-electron chi connectivity index (χ2n) is 2.73. The van der Waals surface area contributed by atoms with Crippen LogP contribution < -0.4 is 5.32 Å². The van der Waals surface area contributed by atoms with E-state index in [4.69, 9.17) is 11.7 Å². The van der Waals surface area contributed by atoms with Crippen LogP contribution in [0.1, 0.15) is 11.8 Å². The first-order valence-electron chi connectivity index (χ1n) is 3.99. The second-order valence-corrected chi connectivity index (χ2v) is 3.76. The van der Waals surface area contributed by atoms with Gasteiger partial charge in [-0.1, -0.05) is 5.92 Å². The summed E-state index contributed by atoms with van der Waals surface area (Å²) in [6.45, 7) is 1.70.